The Morgan fingerprint density at radius 1 is 1.36 bits per heavy atom. The highest BCUT2D eigenvalue weighted by atomic mass is 19.1. The number of aliphatic imine (C=N–C) groups is 1. The molecular formula is C19H26FN3O2. The van der Waals surface area contributed by atoms with Crippen molar-refractivity contribution < 1.29 is 13.9 Å². The quantitative estimate of drug-likeness (QED) is 0.516. The minimum absolute atomic E-state index is 0.0208. The Kier molecular flexibility index (Phi) is 5.25. The molecule has 2 fully saturated rings. The van der Waals surface area contributed by atoms with E-state index in [9.17, 15) is 9.18 Å². The molecule has 1 aromatic rings. The van der Waals surface area contributed by atoms with Crippen molar-refractivity contribution in [1.29, 1.82) is 0 Å². The molecule has 2 aliphatic rings. The number of likely N-dealkylation sites (tertiary alicyclic amines) is 1. The molecule has 0 spiro atoms. The summed E-state index contributed by atoms with van der Waals surface area (Å²) in [6.07, 6.45) is 3.52. The van der Waals surface area contributed by atoms with E-state index in [1.165, 1.54) is 13.2 Å². The summed E-state index contributed by atoms with van der Waals surface area (Å²) in [7, 11) is 3.20. The van der Waals surface area contributed by atoms with Crippen LogP contribution in [-0.4, -0.2) is 50.6 Å². The van der Waals surface area contributed by atoms with Crippen LogP contribution in [-0.2, 0) is 14.9 Å². The second-order valence-electron chi connectivity index (χ2n) is 6.95. The van der Waals surface area contributed by atoms with Gasteiger partial charge in [0.1, 0.15) is 5.82 Å². The molecule has 25 heavy (non-hydrogen) atoms. The van der Waals surface area contributed by atoms with Crippen LogP contribution in [0.15, 0.2) is 29.3 Å². The molecule has 6 heteroatoms. The molecule has 3 rings (SSSR count). The molecule has 1 heterocycles. The predicted molar refractivity (Wildman–Crippen MR) is 95.0 cm³/mol. The lowest BCUT2D eigenvalue weighted by Crippen LogP contribution is -2.48. The molecule has 1 saturated heterocycles. The van der Waals surface area contributed by atoms with E-state index in [4.69, 9.17) is 4.74 Å². The largest absolute Gasteiger partial charge is 0.469 e. The Bertz CT molecular complexity index is 650. The first-order valence-corrected chi connectivity index (χ1v) is 8.88. The second kappa shape index (κ2) is 7.42. The van der Waals surface area contributed by atoms with Crippen LogP contribution in [0, 0.1) is 11.7 Å². The molecule has 5 nitrogen and oxygen atoms in total. The van der Waals surface area contributed by atoms with Gasteiger partial charge in [-0.3, -0.25) is 9.79 Å². The first-order chi connectivity index (χ1) is 12.1. The van der Waals surface area contributed by atoms with Crippen molar-refractivity contribution in [2.24, 2.45) is 10.9 Å². The van der Waals surface area contributed by atoms with Gasteiger partial charge in [-0.2, -0.15) is 0 Å². The minimum Gasteiger partial charge on any atom is -0.469 e. The van der Waals surface area contributed by atoms with Crippen LogP contribution < -0.4 is 5.32 Å². The smallest absolute Gasteiger partial charge is 0.308 e. The Morgan fingerprint density at radius 3 is 2.60 bits per heavy atom. The Hall–Kier alpha value is -2.11. The monoisotopic (exact) mass is 347 g/mol. The number of carbonyl (C=O) groups excluding carboxylic acids is 1. The maximum absolute atomic E-state index is 14.1. The Labute approximate surface area is 148 Å². The summed E-state index contributed by atoms with van der Waals surface area (Å²) in [6.45, 7) is 2.22. The highest BCUT2D eigenvalue weighted by Gasteiger charge is 2.46. The molecule has 0 aromatic heterocycles. The number of benzene rings is 1. The van der Waals surface area contributed by atoms with Crippen LogP contribution in [0.4, 0.5) is 4.39 Å². The zero-order chi connectivity index (χ0) is 17.9. The van der Waals surface area contributed by atoms with Crippen molar-refractivity contribution in [2.45, 2.75) is 31.1 Å². The van der Waals surface area contributed by atoms with Crippen LogP contribution in [0.2, 0.25) is 0 Å². The molecule has 0 radical (unpaired) electrons. The van der Waals surface area contributed by atoms with Crippen molar-refractivity contribution >= 4 is 11.9 Å². The van der Waals surface area contributed by atoms with Crippen LogP contribution >= 0.6 is 0 Å². The predicted octanol–water partition coefficient (Wildman–Crippen LogP) is 2.32. The average molecular weight is 347 g/mol. The topological polar surface area (TPSA) is 53.9 Å². The molecule has 0 amide bonds. The lowest BCUT2D eigenvalue weighted by Gasteiger charge is -2.33. The van der Waals surface area contributed by atoms with Crippen molar-refractivity contribution in [3.63, 3.8) is 0 Å². The van der Waals surface area contributed by atoms with E-state index in [0.717, 1.165) is 50.3 Å². The number of esters is 1. The number of carbonyl (C=O) groups is 1. The summed E-state index contributed by atoms with van der Waals surface area (Å²) in [5, 5.41) is 3.42. The lowest BCUT2D eigenvalue weighted by atomic mass is 9.95. The number of nitrogens with zero attached hydrogens (tertiary/aromatic N) is 2. The Balaban J connectivity index is 1.57. The van der Waals surface area contributed by atoms with Gasteiger partial charge in [-0.1, -0.05) is 18.2 Å². The minimum atomic E-state index is -0.129. The molecule has 0 atom stereocenters. The molecule has 1 aliphatic heterocycles. The number of ether oxygens (including phenoxy) is 1. The van der Waals surface area contributed by atoms with Crippen molar-refractivity contribution in [3.05, 3.63) is 35.6 Å². The number of hydrogen-bond acceptors (Lipinski definition) is 3. The summed E-state index contributed by atoms with van der Waals surface area (Å²) in [5.74, 6) is 0.549. The van der Waals surface area contributed by atoms with Crippen molar-refractivity contribution in [3.8, 4) is 0 Å². The normalized spacial score (nSPS) is 20.3. The van der Waals surface area contributed by atoms with Crippen LogP contribution in [0.1, 0.15) is 31.2 Å². The van der Waals surface area contributed by atoms with Gasteiger partial charge < -0.3 is 15.0 Å². The fourth-order valence-corrected chi connectivity index (χ4v) is 3.66. The summed E-state index contributed by atoms with van der Waals surface area (Å²) in [5.41, 5.74) is 0.674. The molecule has 1 saturated carbocycles. The van der Waals surface area contributed by atoms with E-state index < -0.39 is 0 Å². The van der Waals surface area contributed by atoms with Crippen molar-refractivity contribution in [2.75, 3.05) is 33.8 Å². The maximum Gasteiger partial charge on any atom is 0.308 e. The lowest BCUT2D eigenvalue weighted by molar-refractivity contribution is -0.146. The van der Waals surface area contributed by atoms with Gasteiger partial charge in [0.2, 0.25) is 0 Å². The molecule has 136 valence electrons. The van der Waals surface area contributed by atoms with E-state index in [2.05, 4.69) is 15.2 Å². The average Bonchev–Trinajstić information content (AvgIpc) is 3.43. The van der Waals surface area contributed by atoms with Crippen LogP contribution in [0.5, 0.6) is 0 Å². The third-order valence-electron chi connectivity index (χ3n) is 5.42. The summed E-state index contributed by atoms with van der Waals surface area (Å²) < 4.78 is 19.0. The van der Waals surface area contributed by atoms with E-state index >= 15 is 0 Å². The third-order valence-corrected chi connectivity index (χ3v) is 5.42. The second-order valence-corrected chi connectivity index (χ2v) is 6.95. The van der Waals surface area contributed by atoms with Gasteiger partial charge in [0, 0.05) is 32.1 Å². The van der Waals surface area contributed by atoms with Gasteiger partial charge in [-0.05, 0) is 37.3 Å². The SMILES string of the molecule is CN=C(NCC1(c2ccccc2F)CC1)N1CCC(C(=O)OC)CC1. The fourth-order valence-electron chi connectivity index (χ4n) is 3.66. The first kappa shape index (κ1) is 17.7. The highest BCUT2D eigenvalue weighted by Crippen LogP contribution is 2.48. The van der Waals surface area contributed by atoms with Gasteiger partial charge in [0.05, 0.1) is 13.0 Å². The highest BCUT2D eigenvalue weighted by molar-refractivity contribution is 5.80. The molecule has 1 aliphatic carbocycles. The molecule has 1 aromatic carbocycles. The van der Waals surface area contributed by atoms with E-state index in [1.54, 1.807) is 13.1 Å². The van der Waals surface area contributed by atoms with Gasteiger partial charge in [0.25, 0.3) is 0 Å². The van der Waals surface area contributed by atoms with Crippen LogP contribution in [0.3, 0.4) is 0 Å². The molecule has 0 bridgehead atoms. The number of halogens is 1. The number of rotatable bonds is 4. The fraction of sp³-hybridized carbons (Fsp3) is 0.579. The van der Waals surface area contributed by atoms with E-state index in [1.807, 2.05) is 12.1 Å². The third kappa shape index (κ3) is 3.78. The number of nitrogens with one attached hydrogen (secondary N) is 1. The number of hydrogen-bond donors (Lipinski definition) is 1. The van der Waals surface area contributed by atoms with Gasteiger partial charge in [-0.15, -0.1) is 0 Å². The Morgan fingerprint density at radius 2 is 2.04 bits per heavy atom. The van der Waals surface area contributed by atoms with Crippen LogP contribution in [0.25, 0.3) is 0 Å². The maximum atomic E-state index is 14.1. The number of guanidine groups is 1. The standard InChI is InChI=1S/C19H26FN3O2/c1-21-18(23-11-7-14(8-12-23)17(24)25-2)22-13-19(9-10-19)15-5-3-4-6-16(15)20/h3-6,14H,7-13H2,1-2H3,(H,21,22). The summed E-state index contributed by atoms with van der Waals surface area (Å²) >= 11 is 0. The number of methoxy groups -OCH3 is 1. The van der Waals surface area contributed by atoms with E-state index in [-0.39, 0.29) is 23.1 Å². The molecule has 1 N–H and O–H groups in total. The van der Waals surface area contributed by atoms with Gasteiger partial charge in [-0.25, -0.2) is 4.39 Å². The zero-order valence-electron chi connectivity index (χ0n) is 14.9. The summed E-state index contributed by atoms with van der Waals surface area (Å²) in [6, 6.07) is 7.04. The van der Waals surface area contributed by atoms with Crippen molar-refractivity contribution in [1.82, 2.24) is 10.2 Å². The molecule has 0 unspecified atom stereocenters. The van der Waals surface area contributed by atoms with Gasteiger partial charge >= 0.3 is 5.97 Å². The molecular weight excluding hydrogens is 321 g/mol. The summed E-state index contributed by atoms with van der Waals surface area (Å²) in [4.78, 5) is 18.2. The number of piperidine rings is 1. The van der Waals surface area contributed by atoms with E-state index in [0.29, 0.717) is 6.54 Å². The van der Waals surface area contributed by atoms with Gasteiger partial charge in [0.15, 0.2) is 5.96 Å². The zero-order valence-corrected chi connectivity index (χ0v) is 14.9. The first-order valence-electron chi connectivity index (χ1n) is 8.88.